The van der Waals surface area contributed by atoms with Gasteiger partial charge < -0.3 is 54.0 Å². The summed E-state index contributed by atoms with van der Waals surface area (Å²) >= 11 is 8.84. The lowest BCUT2D eigenvalue weighted by Crippen LogP contribution is -2.12. The van der Waals surface area contributed by atoms with Gasteiger partial charge in [-0.25, -0.2) is 0 Å². The van der Waals surface area contributed by atoms with Crippen LogP contribution < -0.4 is 23.7 Å². The molecule has 0 amide bonds. The number of ketones is 4. The summed E-state index contributed by atoms with van der Waals surface area (Å²) in [7, 11) is 0. The molecule has 7 aromatic rings. The summed E-state index contributed by atoms with van der Waals surface area (Å²) in [5.74, 6) is 3.17. The smallest absolute Gasteiger partial charge is 0.303 e. The average Bonchev–Trinajstić information content (AvgIpc) is 1.78. The number of rotatable bonds is 18. The van der Waals surface area contributed by atoms with Crippen molar-refractivity contribution in [1.29, 1.82) is 0 Å². The number of carbonyl (C=O) groups excluding carboxylic acids is 4. The van der Waals surface area contributed by atoms with Crippen LogP contribution in [0.2, 0.25) is 0 Å². The highest BCUT2D eigenvalue weighted by atomic mass is 80.9. The van der Waals surface area contributed by atoms with Crippen LogP contribution in [-0.4, -0.2) is 104 Å². The van der Waals surface area contributed by atoms with Gasteiger partial charge in [0.05, 0.1) is 49.0 Å². The predicted molar refractivity (Wildman–Crippen MR) is 453 cm³/mol. The van der Waals surface area contributed by atoms with Gasteiger partial charge in [-0.2, -0.15) is 0 Å². The number of halogens is 3. The molecule has 1 atom stereocenters. The SMILES string of the molecule is BrBr.CC.CC.CC.CC.CC.CC.CC.CCCCC(C)=O.O=C(O)CCCOc1ccccc1.O=C(O)CCCOc1ccccc1.O=C(O)CCCOc1ccccc1.O=C1CCCC1.O=C1CCCOc2ccccc21.O=C1c2ccccc2OCCC1Br.Oc1ccccc1.Oc1ccccc1. The molecule has 2 aliphatic heterocycles. The normalized spacial score (nSPS) is 11.3. The van der Waals surface area contributed by atoms with Crippen LogP contribution >= 0.6 is 44.2 Å². The summed E-state index contributed by atoms with van der Waals surface area (Å²) in [6, 6.07) is 60.3. The fraction of sp³-hybridized carbons (Fsp3) is 0.437. The number of phenols is 2. The molecule has 17 nitrogen and oxygen atoms in total. The summed E-state index contributed by atoms with van der Waals surface area (Å²) in [6.07, 6.45) is 11.2. The first-order valence-electron chi connectivity index (χ1n) is 37.5. The van der Waals surface area contributed by atoms with Crippen LogP contribution in [-0.2, 0) is 24.0 Å². The van der Waals surface area contributed by atoms with Crippen LogP contribution in [0, 0.1) is 0 Å². The zero-order chi connectivity index (χ0) is 82.5. The third-order valence-electron chi connectivity index (χ3n) is 12.3. The van der Waals surface area contributed by atoms with Crippen LogP contribution in [0.15, 0.2) is 200 Å². The van der Waals surface area contributed by atoms with E-state index in [2.05, 4.69) is 51.1 Å². The van der Waals surface area contributed by atoms with E-state index in [0.717, 1.165) is 86.3 Å². The number of alkyl halides is 1. The van der Waals surface area contributed by atoms with Crippen molar-refractivity contribution in [1.82, 2.24) is 0 Å². The Balaban J connectivity index is -0.000000207. The van der Waals surface area contributed by atoms with Crippen molar-refractivity contribution < 1.29 is 82.8 Å². The van der Waals surface area contributed by atoms with Gasteiger partial charge in [-0.05, 0) is 137 Å². The number of aliphatic carboxylic acids is 3. The van der Waals surface area contributed by atoms with Gasteiger partial charge in [0.1, 0.15) is 51.8 Å². The van der Waals surface area contributed by atoms with Gasteiger partial charge in [-0.3, -0.25) is 28.8 Å². The first-order valence-corrected chi connectivity index (χ1v) is 42.1. The van der Waals surface area contributed by atoms with Crippen molar-refractivity contribution in [2.24, 2.45) is 0 Å². The molecule has 600 valence electrons. The van der Waals surface area contributed by atoms with E-state index in [1.165, 1.54) is 0 Å². The molecule has 1 saturated carbocycles. The number of hydrogen-bond acceptors (Lipinski definition) is 14. The monoisotopic (exact) mass is 1680 g/mol. The highest BCUT2D eigenvalue weighted by molar-refractivity contribution is 9.93. The van der Waals surface area contributed by atoms with E-state index in [1.807, 2.05) is 243 Å². The largest absolute Gasteiger partial charge is 0.508 e. The molecule has 0 aromatic heterocycles. The zero-order valence-corrected chi connectivity index (χ0v) is 71.5. The molecule has 107 heavy (non-hydrogen) atoms. The fourth-order valence-corrected chi connectivity index (χ4v) is 8.02. The molecular weight excluding hydrogens is 1560 g/mol. The fourth-order valence-electron chi connectivity index (χ4n) is 7.58. The second-order valence-electron chi connectivity index (χ2n) is 20.0. The minimum absolute atomic E-state index is 0.101. The summed E-state index contributed by atoms with van der Waals surface area (Å²) in [5, 5.41) is 42.3. The van der Waals surface area contributed by atoms with Crippen molar-refractivity contribution in [2.45, 2.75) is 218 Å². The number of aromatic hydroxyl groups is 2. The number of carbonyl (C=O) groups is 7. The Labute approximate surface area is 666 Å². The molecule has 1 fully saturated rings. The topological polar surface area (TPSA) is 267 Å². The Morgan fingerprint density at radius 3 is 0.981 bits per heavy atom. The predicted octanol–water partition coefficient (Wildman–Crippen LogP) is 24.8. The van der Waals surface area contributed by atoms with Gasteiger partial charge in [0, 0.05) is 79.6 Å². The van der Waals surface area contributed by atoms with Crippen molar-refractivity contribution in [3.63, 3.8) is 0 Å². The Morgan fingerprint density at radius 2 is 0.701 bits per heavy atom. The number of carboxylic acids is 3. The second kappa shape index (κ2) is 88.3. The lowest BCUT2D eigenvalue weighted by molar-refractivity contribution is -0.138. The minimum Gasteiger partial charge on any atom is -0.508 e. The van der Waals surface area contributed by atoms with Gasteiger partial charge in [-0.1, -0.05) is 241 Å². The number of para-hydroxylation sites is 7. The van der Waals surface area contributed by atoms with E-state index < -0.39 is 17.9 Å². The first kappa shape index (κ1) is 112. The van der Waals surface area contributed by atoms with E-state index in [0.29, 0.717) is 93.1 Å². The van der Waals surface area contributed by atoms with Crippen LogP contribution in [0.3, 0.4) is 0 Å². The van der Waals surface area contributed by atoms with Gasteiger partial charge in [0.25, 0.3) is 0 Å². The Hall–Kier alpha value is -8.33. The molecule has 20 heteroatoms. The molecular formula is C87H129Br3O17. The molecule has 0 radical (unpaired) electrons. The van der Waals surface area contributed by atoms with E-state index >= 15 is 0 Å². The maximum absolute atomic E-state index is 11.7. The van der Waals surface area contributed by atoms with E-state index in [4.69, 9.17) is 49.2 Å². The van der Waals surface area contributed by atoms with Gasteiger partial charge in [-0.15, -0.1) is 0 Å². The summed E-state index contributed by atoms with van der Waals surface area (Å²) in [6.45, 7) is 34.3. The molecule has 10 rings (SSSR count). The summed E-state index contributed by atoms with van der Waals surface area (Å²) < 4.78 is 26.7. The minimum atomic E-state index is -0.781. The van der Waals surface area contributed by atoms with Gasteiger partial charge in [0.15, 0.2) is 11.6 Å². The number of benzene rings is 7. The number of unbranched alkanes of at least 4 members (excludes halogenated alkanes) is 1. The number of carboxylic acid groups (broad SMARTS) is 3. The summed E-state index contributed by atoms with van der Waals surface area (Å²) in [5.41, 5.74) is 1.41. The maximum Gasteiger partial charge on any atom is 0.303 e. The van der Waals surface area contributed by atoms with Gasteiger partial charge in [0.2, 0.25) is 0 Å². The third-order valence-corrected chi connectivity index (χ3v) is 13.1. The van der Waals surface area contributed by atoms with Crippen LogP contribution in [0.1, 0.15) is 234 Å². The van der Waals surface area contributed by atoms with Gasteiger partial charge >= 0.3 is 17.9 Å². The molecule has 3 aliphatic rings. The second-order valence-corrected chi connectivity index (χ2v) is 21.1. The molecule has 1 unspecified atom stereocenters. The molecule has 5 N–H and O–H groups in total. The van der Waals surface area contributed by atoms with Crippen molar-refractivity contribution in [3.05, 3.63) is 211 Å². The Morgan fingerprint density at radius 1 is 0.402 bits per heavy atom. The number of fused-ring (bicyclic) bond motifs is 2. The highest BCUT2D eigenvalue weighted by Gasteiger charge is 2.23. The molecule has 0 saturated heterocycles. The number of hydrogen-bond donors (Lipinski definition) is 5. The lowest BCUT2D eigenvalue weighted by Gasteiger charge is -2.04. The number of ether oxygens (including phenoxy) is 5. The third kappa shape index (κ3) is 73.0. The molecule has 2 heterocycles. The standard InChI is InChI=1S/C10H9BrO2.3C10H12O3.C10H10O2.2C6H6O.C6H12O.C5H8O.7C2H6.Br2/c11-8-5-6-13-9-4-2-1-3-7(9)10(8)12;3*11-10(12)7-4-8-13-9-5-2-1-3-6-9;11-9-5-3-7-12-10-6-2-1-4-8(9)10;2*7-6-4-2-1-3-5-6;1-3-4-5-6(2)7;6-5-3-1-2-4-5;8*1-2/h1-4,8H,5-6H2;3*1-3,5-6H,4,7-8H2,(H,11,12);1-2,4,6H,3,5,7H2;2*1-5,7H;3-5H2,1-2H3;1-4H2;7*1-2H3;. The number of Topliss-reactive ketones (excluding diaryl/α,β-unsaturated/α-hetero) is 4. The lowest BCUT2D eigenvalue weighted by atomic mass is 10.1. The molecule has 1 aliphatic carbocycles. The quantitative estimate of drug-likeness (QED) is 0.0395. The molecule has 0 bridgehead atoms. The average molecular weight is 1690 g/mol. The van der Waals surface area contributed by atoms with E-state index in [1.54, 1.807) is 61.5 Å². The molecule has 7 aromatic carbocycles. The van der Waals surface area contributed by atoms with E-state index in [9.17, 15) is 33.6 Å². The Bertz CT molecular complexity index is 2910. The van der Waals surface area contributed by atoms with E-state index in [-0.39, 0.29) is 35.7 Å². The van der Waals surface area contributed by atoms with Crippen molar-refractivity contribution >= 4 is 85.2 Å². The number of phenolic OH excluding ortho intramolecular Hbond substituents is 2. The first-order chi connectivity index (χ1) is 52.0. The van der Waals surface area contributed by atoms with Crippen molar-refractivity contribution in [3.8, 4) is 40.2 Å². The Kier molecular flexibility index (Phi) is 92.4. The maximum atomic E-state index is 11.7. The highest BCUT2D eigenvalue weighted by Crippen LogP contribution is 2.27. The van der Waals surface area contributed by atoms with Crippen LogP contribution in [0.4, 0.5) is 0 Å². The summed E-state index contributed by atoms with van der Waals surface area (Å²) in [4.78, 5) is 73.9. The molecule has 0 spiro atoms. The van der Waals surface area contributed by atoms with Crippen LogP contribution in [0.5, 0.6) is 40.2 Å². The van der Waals surface area contributed by atoms with Crippen molar-refractivity contribution in [2.75, 3.05) is 33.0 Å². The zero-order valence-electron chi connectivity index (χ0n) is 66.7. The van der Waals surface area contributed by atoms with Crippen LogP contribution in [0.25, 0.3) is 0 Å².